The van der Waals surface area contributed by atoms with Crippen LogP contribution in [0.3, 0.4) is 0 Å². The molecule has 0 radical (unpaired) electrons. The maximum absolute atomic E-state index is 13.5. The molecule has 0 bridgehead atoms. The van der Waals surface area contributed by atoms with Crippen LogP contribution in [0.2, 0.25) is 0 Å². The number of alkyl halides is 6. The zero-order valence-electron chi connectivity index (χ0n) is 23.9. The van der Waals surface area contributed by atoms with Crippen molar-refractivity contribution in [1.29, 1.82) is 0 Å². The van der Waals surface area contributed by atoms with Crippen LogP contribution >= 0.6 is 0 Å². The highest BCUT2D eigenvalue weighted by Gasteiger charge is 2.71. The van der Waals surface area contributed by atoms with Crippen LogP contribution in [0.4, 0.5) is 31.1 Å². The zero-order valence-corrected chi connectivity index (χ0v) is 23.9. The van der Waals surface area contributed by atoms with E-state index in [-0.39, 0.29) is 30.2 Å². The highest BCUT2D eigenvalue weighted by atomic mass is 19.4. The standard InChI is InChI=1S/C29H28F6N4O5/c1-5-6-17-11-19(27(42,28(30,31)32)29(33,34)35)7-9-21(17)44-23-12-18(16(2)13-36-23)15-39-24(40)26(3,38-25(39)41)20-8-10-22(43-4)37-14-20/h7-14,42H,5-6,15H2,1-4H3,(H,38,41). The van der Waals surface area contributed by atoms with E-state index in [1.807, 2.05) is 0 Å². The maximum Gasteiger partial charge on any atom is 0.430 e. The van der Waals surface area contributed by atoms with Crippen LogP contribution in [0.5, 0.6) is 17.5 Å². The molecule has 0 saturated carbocycles. The summed E-state index contributed by atoms with van der Waals surface area (Å²) in [5, 5.41) is 12.5. The Kier molecular flexibility index (Phi) is 8.57. The second kappa shape index (κ2) is 11.6. The number of pyridine rings is 2. The van der Waals surface area contributed by atoms with Crippen molar-refractivity contribution < 1.29 is 50.5 Å². The minimum absolute atomic E-state index is 0.0228. The van der Waals surface area contributed by atoms with E-state index in [1.54, 1.807) is 26.0 Å². The topological polar surface area (TPSA) is 114 Å². The lowest BCUT2D eigenvalue weighted by Gasteiger charge is -2.33. The molecule has 3 heterocycles. The van der Waals surface area contributed by atoms with Crippen molar-refractivity contribution in [2.75, 3.05) is 7.11 Å². The van der Waals surface area contributed by atoms with E-state index in [9.17, 15) is 41.0 Å². The summed E-state index contributed by atoms with van der Waals surface area (Å²) in [7, 11) is 1.43. The number of carbonyl (C=O) groups is 2. The monoisotopic (exact) mass is 626 g/mol. The molecule has 0 aliphatic carbocycles. The molecule has 3 amide bonds. The highest BCUT2D eigenvalue weighted by molar-refractivity contribution is 6.07. The second-order valence-corrected chi connectivity index (χ2v) is 10.4. The van der Waals surface area contributed by atoms with E-state index >= 15 is 0 Å². The van der Waals surface area contributed by atoms with Crippen molar-refractivity contribution in [2.45, 2.75) is 63.7 Å². The summed E-state index contributed by atoms with van der Waals surface area (Å²) in [6.45, 7) is 4.66. The SMILES string of the molecule is CCCc1cc(C(O)(C(F)(F)F)C(F)(F)F)ccc1Oc1cc(CN2C(=O)NC(C)(c3ccc(OC)nc3)C2=O)c(C)cn1. The van der Waals surface area contributed by atoms with Crippen molar-refractivity contribution in [1.82, 2.24) is 20.2 Å². The molecule has 1 aliphatic heterocycles. The minimum Gasteiger partial charge on any atom is -0.481 e. The quantitative estimate of drug-likeness (QED) is 0.227. The van der Waals surface area contributed by atoms with Crippen LogP contribution in [0.1, 0.15) is 48.1 Å². The molecule has 1 fully saturated rings. The van der Waals surface area contributed by atoms with Gasteiger partial charge < -0.3 is 19.9 Å². The number of aliphatic hydroxyl groups is 1. The first-order chi connectivity index (χ1) is 20.5. The number of amides is 3. The highest BCUT2D eigenvalue weighted by Crippen LogP contribution is 2.50. The molecule has 1 unspecified atom stereocenters. The van der Waals surface area contributed by atoms with Crippen molar-refractivity contribution in [3.63, 3.8) is 0 Å². The Bertz CT molecular complexity index is 1550. The normalized spacial score (nSPS) is 17.6. The Balaban J connectivity index is 1.62. The summed E-state index contributed by atoms with van der Waals surface area (Å²) < 4.78 is 91.5. The Hall–Kier alpha value is -4.40. The Morgan fingerprint density at radius 3 is 2.18 bits per heavy atom. The predicted octanol–water partition coefficient (Wildman–Crippen LogP) is 5.82. The van der Waals surface area contributed by atoms with Gasteiger partial charge in [-0.05, 0) is 55.2 Å². The lowest BCUT2D eigenvalue weighted by Crippen LogP contribution is -2.53. The first kappa shape index (κ1) is 32.5. The average Bonchev–Trinajstić information content (AvgIpc) is 3.17. The first-order valence-corrected chi connectivity index (χ1v) is 13.2. The number of urea groups is 1. The van der Waals surface area contributed by atoms with Crippen molar-refractivity contribution in [2.24, 2.45) is 0 Å². The van der Waals surface area contributed by atoms with Crippen LogP contribution in [0.15, 0.2) is 48.8 Å². The number of aryl methyl sites for hydroxylation is 2. The van der Waals surface area contributed by atoms with Crippen molar-refractivity contribution >= 4 is 11.9 Å². The van der Waals surface area contributed by atoms with Crippen LogP contribution in [0, 0.1) is 6.92 Å². The summed E-state index contributed by atoms with van der Waals surface area (Å²) in [6, 6.07) is 5.88. The third kappa shape index (κ3) is 5.75. The van der Waals surface area contributed by atoms with E-state index in [1.165, 1.54) is 32.5 Å². The van der Waals surface area contributed by atoms with E-state index in [4.69, 9.17) is 9.47 Å². The summed E-state index contributed by atoms with van der Waals surface area (Å²) in [5.41, 5.74) is -6.50. The molecule has 3 aromatic rings. The number of imide groups is 1. The third-order valence-corrected chi connectivity index (χ3v) is 7.35. The number of benzene rings is 1. The van der Waals surface area contributed by atoms with Gasteiger partial charge in [0.05, 0.1) is 13.7 Å². The summed E-state index contributed by atoms with van der Waals surface area (Å²) in [4.78, 5) is 35.5. The molecule has 9 nitrogen and oxygen atoms in total. The molecule has 4 rings (SSSR count). The predicted molar refractivity (Wildman–Crippen MR) is 143 cm³/mol. The molecular formula is C29H28F6N4O5. The van der Waals surface area contributed by atoms with Gasteiger partial charge in [0, 0.05) is 35.7 Å². The van der Waals surface area contributed by atoms with E-state index in [0.717, 1.165) is 11.0 Å². The van der Waals surface area contributed by atoms with Gasteiger partial charge in [0.25, 0.3) is 11.5 Å². The number of rotatable bonds is 9. The summed E-state index contributed by atoms with van der Waals surface area (Å²) >= 11 is 0. The molecule has 236 valence electrons. The first-order valence-electron chi connectivity index (χ1n) is 13.2. The number of halogens is 6. The van der Waals surface area contributed by atoms with E-state index in [2.05, 4.69) is 15.3 Å². The number of carbonyl (C=O) groups excluding carboxylic acids is 2. The molecule has 1 atom stereocenters. The number of nitrogens with zero attached hydrogens (tertiary/aromatic N) is 3. The minimum atomic E-state index is -6.04. The van der Waals surface area contributed by atoms with Crippen LogP contribution in [-0.4, -0.2) is 51.4 Å². The number of aromatic nitrogens is 2. The van der Waals surface area contributed by atoms with Crippen LogP contribution < -0.4 is 14.8 Å². The number of nitrogens with one attached hydrogen (secondary N) is 1. The summed E-state index contributed by atoms with van der Waals surface area (Å²) in [6.07, 6.45) is -8.93. The molecule has 1 saturated heterocycles. The Morgan fingerprint density at radius 1 is 0.955 bits per heavy atom. The maximum atomic E-state index is 13.5. The van der Waals surface area contributed by atoms with E-state index < -0.39 is 41.0 Å². The van der Waals surface area contributed by atoms with Gasteiger partial charge in [-0.3, -0.25) is 9.69 Å². The van der Waals surface area contributed by atoms with Gasteiger partial charge >= 0.3 is 18.4 Å². The second-order valence-electron chi connectivity index (χ2n) is 10.4. The van der Waals surface area contributed by atoms with Crippen molar-refractivity contribution in [3.8, 4) is 17.5 Å². The lowest BCUT2D eigenvalue weighted by molar-refractivity contribution is -0.376. The Labute approximate surface area is 247 Å². The fourth-order valence-corrected chi connectivity index (χ4v) is 4.74. The number of hydrogen-bond acceptors (Lipinski definition) is 7. The van der Waals surface area contributed by atoms with E-state index in [0.29, 0.717) is 41.1 Å². The molecule has 44 heavy (non-hydrogen) atoms. The van der Waals surface area contributed by atoms with Gasteiger partial charge in [-0.2, -0.15) is 26.3 Å². The average molecular weight is 627 g/mol. The van der Waals surface area contributed by atoms with Gasteiger partial charge in [-0.15, -0.1) is 0 Å². The lowest BCUT2D eigenvalue weighted by atomic mass is 9.90. The molecular weight excluding hydrogens is 598 g/mol. The largest absolute Gasteiger partial charge is 0.481 e. The molecule has 1 aliphatic rings. The fraction of sp³-hybridized carbons (Fsp3) is 0.379. The molecule has 15 heteroatoms. The molecule has 2 aromatic heterocycles. The number of methoxy groups -OCH3 is 1. The smallest absolute Gasteiger partial charge is 0.430 e. The number of hydrogen-bond donors (Lipinski definition) is 2. The fourth-order valence-electron chi connectivity index (χ4n) is 4.74. The molecule has 2 N–H and O–H groups in total. The van der Waals surface area contributed by atoms with Crippen LogP contribution in [0.25, 0.3) is 0 Å². The molecule has 0 spiro atoms. The van der Waals surface area contributed by atoms with Crippen LogP contribution in [-0.2, 0) is 28.9 Å². The zero-order chi connectivity index (χ0) is 32.7. The van der Waals surface area contributed by atoms with Gasteiger partial charge in [0.1, 0.15) is 11.3 Å². The Morgan fingerprint density at radius 2 is 1.61 bits per heavy atom. The number of ether oxygens (including phenoxy) is 2. The summed E-state index contributed by atoms with van der Waals surface area (Å²) in [5.74, 6) is -0.416. The van der Waals surface area contributed by atoms with Gasteiger partial charge in [-0.1, -0.05) is 19.4 Å². The third-order valence-electron chi connectivity index (χ3n) is 7.35. The molecule has 1 aromatic carbocycles. The van der Waals surface area contributed by atoms with Crippen molar-refractivity contribution in [3.05, 3.63) is 76.6 Å². The van der Waals surface area contributed by atoms with Gasteiger partial charge in [0.15, 0.2) is 0 Å². The van der Waals surface area contributed by atoms with Gasteiger partial charge in [0.2, 0.25) is 11.8 Å². The van der Waals surface area contributed by atoms with Gasteiger partial charge in [-0.25, -0.2) is 14.8 Å².